The van der Waals surface area contributed by atoms with Crippen molar-refractivity contribution in [2.24, 2.45) is 10.7 Å². The van der Waals surface area contributed by atoms with Crippen LogP contribution in [0.2, 0.25) is 0 Å². The quantitative estimate of drug-likeness (QED) is 0.460. The molecule has 0 saturated heterocycles. The lowest BCUT2D eigenvalue weighted by molar-refractivity contribution is -0.0512. The van der Waals surface area contributed by atoms with Gasteiger partial charge in [0.2, 0.25) is 0 Å². The van der Waals surface area contributed by atoms with Crippen molar-refractivity contribution in [1.29, 1.82) is 0 Å². The Morgan fingerprint density at radius 2 is 2.14 bits per heavy atom. The van der Waals surface area contributed by atoms with Gasteiger partial charge in [0.15, 0.2) is 17.5 Å². The lowest BCUT2D eigenvalue weighted by atomic mass is 10.2. The second-order valence-electron chi connectivity index (χ2n) is 4.38. The molecule has 1 aromatic rings. The number of rotatable bonds is 7. The molecule has 0 aliphatic heterocycles. The van der Waals surface area contributed by atoms with Crippen LogP contribution in [0.5, 0.6) is 11.5 Å². The third kappa shape index (κ3) is 6.11. The van der Waals surface area contributed by atoms with Crippen molar-refractivity contribution in [3.63, 3.8) is 0 Å². The number of alkyl halides is 2. The van der Waals surface area contributed by atoms with Crippen LogP contribution in [0.15, 0.2) is 35.3 Å². The van der Waals surface area contributed by atoms with Crippen LogP contribution in [0.4, 0.5) is 8.78 Å². The second-order valence-corrected chi connectivity index (χ2v) is 4.38. The Labute approximate surface area is 122 Å². The summed E-state index contributed by atoms with van der Waals surface area (Å²) in [5.41, 5.74) is 7.26. The molecule has 0 saturated carbocycles. The van der Waals surface area contributed by atoms with Gasteiger partial charge in [-0.2, -0.15) is 8.78 Å². The molecule has 0 amide bonds. The third-order valence-corrected chi connectivity index (χ3v) is 2.45. The van der Waals surface area contributed by atoms with E-state index in [1.54, 1.807) is 12.1 Å². The van der Waals surface area contributed by atoms with E-state index >= 15 is 0 Å². The van der Waals surface area contributed by atoms with Gasteiger partial charge in [0.1, 0.15) is 0 Å². The number of aliphatic imine (C=N–C) groups is 1. The van der Waals surface area contributed by atoms with Crippen LogP contribution in [-0.2, 0) is 6.54 Å². The van der Waals surface area contributed by atoms with Crippen LogP contribution in [0.25, 0.3) is 0 Å². The zero-order valence-electron chi connectivity index (χ0n) is 12.0. The molecule has 0 spiro atoms. The predicted molar refractivity (Wildman–Crippen MR) is 77.8 cm³/mol. The number of ether oxygens (including phenoxy) is 2. The maximum Gasteiger partial charge on any atom is 0.387 e. The Morgan fingerprint density at radius 1 is 1.43 bits per heavy atom. The van der Waals surface area contributed by atoms with E-state index in [-0.39, 0.29) is 24.0 Å². The van der Waals surface area contributed by atoms with Gasteiger partial charge < -0.3 is 20.5 Å². The number of nitrogens with one attached hydrogen (secondary N) is 1. The summed E-state index contributed by atoms with van der Waals surface area (Å²) in [5, 5.41) is 2.87. The van der Waals surface area contributed by atoms with Crippen molar-refractivity contribution in [1.82, 2.24) is 5.32 Å². The summed E-state index contributed by atoms with van der Waals surface area (Å²) in [6.45, 7) is 3.43. The lowest BCUT2D eigenvalue weighted by Gasteiger charge is -2.11. The molecule has 5 nitrogen and oxygen atoms in total. The van der Waals surface area contributed by atoms with Gasteiger partial charge in [0.05, 0.1) is 13.7 Å². The molecule has 0 heterocycles. The summed E-state index contributed by atoms with van der Waals surface area (Å²) in [4.78, 5) is 4.10. The molecule has 116 valence electrons. The van der Waals surface area contributed by atoms with Crippen molar-refractivity contribution in [2.75, 3.05) is 13.7 Å². The molecule has 0 aliphatic rings. The number of hydrogen-bond donors (Lipinski definition) is 2. The summed E-state index contributed by atoms with van der Waals surface area (Å²) in [5.74, 6) is 0.454. The highest BCUT2D eigenvalue weighted by Gasteiger charge is 2.11. The van der Waals surface area contributed by atoms with Gasteiger partial charge >= 0.3 is 6.61 Å². The predicted octanol–water partition coefficient (Wildman–Crippen LogP) is 2.28. The molecule has 0 aromatic heterocycles. The molecular weight excluding hydrogens is 280 g/mol. The van der Waals surface area contributed by atoms with Gasteiger partial charge in [-0.15, -0.1) is 0 Å². The fraction of sp³-hybridized carbons (Fsp3) is 0.357. The zero-order chi connectivity index (χ0) is 15.8. The van der Waals surface area contributed by atoms with E-state index in [1.807, 2.05) is 6.92 Å². The Kier molecular flexibility index (Phi) is 6.45. The van der Waals surface area contributed by atoms with E-state index < -0.39 is 6.61 Å². The van der Waals surface area contributed by atoms with Crippen molar-refractivity contribution in [2.45, 2.75) is 20.1 Å². The van der Waals surface area contributed by atoms with E-state index in [4.69, 9.17) is 10.5 Å². The van der Waals surface area contributed by atoms with Crippen molar-refractivity contribution >= 4 is 5.96 Å². The summed E-state index contributed by atoms with van der Waals surface area (Å²) in [7, 11) is 1.38. The topological polar surface area (TPSA) is 68.9 Å². The number of guanidine groups is 1. The van der Waals surface area contributed by atoms with Crippen molar-refractivity contribution < 1.29 is 18.3 Å². The van der Waals surface area contributed by atoms with Crippen molar-refractivity contribution in [3.8, 4) is 11.5 Å². The van der Waals surface area contributed by atoms with Gasteiger partial charge in [0.25, 0.3) is 0 Å². The molecule has 0 atom stereocenters. The molecular formula is C14H19F2N3O2. The average Bonchev–Trinajstić information content (AvgIpc) is 2.42. The highest BCUT2D eigenvalue weighted by atomic mass is 19.3. The van der Waals surface area contributed by atoms with E-state index in [9.17, 15) is 8.78 Å². The van der Waals surface area contributed by atoms with E-state index in [1.165, 1.54) is 13.2 Å². The van der Waals surface area contributed by atoms with E-state index in [0.717, 1.165) is 5.57 Å². The summed E-state index contributed by atoms with van der Waals surface area (Å²) in [6, 6.07) is 4.69. The molecule has 3 N–H and O–H groups in total. The first-order valence-electron chi connectivity index (χ1n) is 6.22. The molecule has 0 aliphatic carbocycles. The van der Waals surface area contributed by atoms with Gasteiger partial charge in [-0.3, -0.25) is 0 Å². The SMILES string of the molecule is C=C(C)CNC(N)=NCc1ccc(OC)c(OC(F)F)c1. The first-order chi connectivity index (χ1) is 9.92. The Balaban J connectivity index is 2.75. The molecule has 1 rings (SSSR count). The molecule has 21 heavy (non-hydrogen) atoms. The van der Waals surface area contributed by atoms with E-state index in [2.05, 4.69) is 21.6 Å². The third-order valence-electron chi connectivity index (χ3n) is 2.45. The summed E-state index contributed by atoms with van der Waals surface area (Å²) >= 11 is 0. The van der Waals surface area contributed by atoms with Crippen LogP contribution in [0.1, 0.15) is 12.5 Å². The van der Waals surface area contributed by atoms with Crippen LogP contribution < -0.4 is 20.5 Å². The first kappa shape index (κ1) is 16.7. The highest BCUT2D eigenvalue weighted by molar-refractivity contribution is 5.78. The van der Waals surface area contributed by atoms with Crippen LogP contribution >= 0.6 is 0 Å². The fourth-order valence-corrected chi connectivity index (χ4v) is 1.48. The Hall–Kier alpha value is -2.31. The number of halogens is 2. The first-order valence-corrected chi connectivity index (χ1v) is 6.22. The molecule has 1 aromatic carbocycles. The molecule has 0 unspecified atom stereocenters. The maximum absolute atomic E-state index is 12.3. The van der Waals surface area contributed by atoms with Crippen LogP contribution in [0, 0.1) is 0 Å². The highest BCUT2D eigenvalue weighted by Crippen LogP contribution is 2.29. The summed E-state index contributed by atoms with van der Waals surface area (Å²) in [6.07, 6.45) is 0. The number of hydrogen-bond acceptors (Lipinski definition) is 3. The van der Waals surface area contributed by atoms with Gasteiger partial charge in [0, 0.05) is 6.54 Å². The normalized spacial score (nSPS) is 11.4. The largest absolute Gasteiger partial charge is 0.493 e. The standard InChI is InChI=1S/C14H19F2N3O2/c1-9(2)7-18-14(17)19-8-10-4-5-11(20-3)12(6-10)21-13(15)16/h4-6,13H,1,7-8H2,2-3H3,(H3,17,18,19). The van der Waals surface area contributed by atoms with Crippen LogP contribution in [0.3, 0.4) is 0 Å². The molecule has 7 heteroatoms. The molecule has 0 bridgehead atoms. The minimum Gasteiger partial charge on any atom is -0.493 e. The van der Waals surface area contributed by atoms with Gasteiger partial charge in [-0.05, 0) is 24.6 Å². The number of nitrogens with zero attached hydrogens (tertiary/aromatic N) is 1. The van der Waals surface area contributed by atoms with Crippen molar-refractivity contribution in [3.05, 3.63) is 35.9 Å². The number of nitrogens with two attached hydrogens (primary N) is 1. The Morgan fingerprint density at radius 3 is 2.71 bits per heavy atom. The number of benzene rings is 1. The Bertz CT molecular complexity index is 519. The monoisotopic (exact) mass is 299 g/mol. The van der Waals surface area contributed by atoms with Gasteiger partial charge in [-0.25, -0.2) is 4.99 Å². The maximum atomic E-state index is 12.3. The smallest absolute Gasteiger partial charge is 0.387 e. The fourth-order valence-electron chi connectivity index (χ4n) is 1.48. The summed E-state index contributed by atoms with van der Waals surface area (Å²) < 4.78 is 34.0. The second kappa shape index (κ2) is 8.08. The molecule has 0 radical (unpaired) electrons. The minimum atomic E-state index is -2.92. The van der Waals surface area contributed by atoms with E-state index in [0.29, 0.717) is 12.1 Å². The zero-order valence-corrected chi connectivity index (χ0v) is 12.0. The minimum absolute atomic E-state index is 0.0336. The van der Waals surface area contributed by atoms with Gasteiger partial charge in [-0.1, -0.05) is 18.2 Å². The number of methoxy groups -OCH3 is 1. The van der Waals surface area contributed by atoms with Crippen LogP contribution in [-0.4, -0.2) is 26.2 Å². The lowest BCUT2D eigenvalue weighted by Crippen LogP contribution is -2.32. The average molecular weight is 299 g/mol. The molecule has 0 fully saturated rings.